The van der Waals surface area contributed by atoms with Gasteiger partial charge in [0.2, 0.25) is 0 Å². The molecule has 6 rings (SSSR count). The number of fused-ring (bicyclic) bond motifs is 2. The van der Waals surface area contributed by atoms with Crippen LogP contribution in [0.25, 0.3) is 32.9 Å². The van der Waals surface area contributed by atoms with Gasteiger partial charge < -0.3 is 49.6 Å². The number of carbonyl (C=O) groups is 2. The summed E-state index contributed by atoms with van der Waals surface area (Å²) in [6.07, 6.45) is 2.74. The van der Waals surface area contributed by atoms with Crippen LogP contribution in [0.3, 0.4) is 0 Å². The van der Waals surface area contributed by atoms with Crippen LogP contribution in [0.5, 0.6) is 11.5 Å². The fraction of sp³-hybridized carbons (Fsp3) is 0. The molecule has 4 aromatic carbocycles. The summed E-state index contributed by atoms with van der Waals surface area (Å²) in [7, 11) is 0. The largest absolute Gasteiger partial charge is 0.508 e. The number of nitrogens with two attached hydrogens (primary N) is 4. The number of nitrogens with zero attached hydrogens (tertiary/aromatic N) is 4. The topological polar surface area (TPSA) is 342 Å². The predicted octanol–water partition coefficient (Wildman–Crippen LogP) is 0.589. The first-order valence-electron chi connectivity index (χ1n) is 14.1. The number of halogens is 2. The van der Waals surface area contributed by atoms with Gasteiger partial charge in [0.15, 0.2) is 11.9 Å². The summed E-state index contributed by atoms with van der Waals surface area (Å²) in [5.74, 6) is -2.02. The second-order valence-corrected chi connectivity index (χ2v) is 10.3. The Morgan fingerprint density at radius 2 is 0.830 bits per heavy atom. The first kappa shape index (κ1) is 46.2. The van der Waals surface area contributed by atoms with Crippen molar-refractivity contribution in [3.05, 3.63) is 141 Å². The minimum atomic E-state index is -0.653. The second kappa shape index (κ2) is 19.6. The summed E-state index contributed by atoms with van der Waals surface area (Å²) in [5, 5.41) is 20.9. The number of aliphatic imine (C=N–C) groups is 2. The second-order valence-electron chi connectivity index (χ2n) is 10.3. The number of aromatic nitrogens is 2. The highest BCUT2D eigenvalue weighted by Gasteiger charge is 2.17. The Hall–Kier alpha value is -6.76. The van der Waals surface area contributed by atoms with Crippen LogP contribution >= 0.6 is 24.8 Å². The predicted molar refractivity (Wildman–Crippen MR) is 208 cm³/mol. The van der Waals surface area contributed by atoms with Gasteiger partial charge in [0.25, 0.3) is 22.9 Å². The van der Waals surface area contributed by atoms with Crippen LogP contribution in [0.4, 0.5) is 0 Å². The lowest BCUT2D eigenvalue weighted by atomic mass is 10.1. The van der Waals surface area contributed by atoms with Gasteiger partial charge in [0.05, 0.1) is 22.5 Å². The SMILES string of the molecule is Cl.Cl.NC(N)=NC(=O)c1cn(-c2cccc(O)c2)c(=O)c2ccccc12.NC(N)=NC(=O)c1cn(-c2cccc(O)c2)c(=O)c2ccccc12.O.O.O. The number of benzene rings is 4. The Labute approximate surface area is 311 Å². The molecule has 0 saturated carbocycles. The van der Waals surface area contributed by atoms with E-state index in [1.807, 2.05) is 0 Å². The van der Waals surface area contributed by atoms with Gasteiger partial charge in [-0.25, -0.2) is 0 Å². The van der Waals surface area contributed by atoms with E-state index in [-0.39, 0.29) is 86.9 Å². The molecule has 16 N–H and O–H groups in total. The number of rotatable bonds is 4. The molecule has 0 unspecified atom stereocenters. The van der Waals surface area contributed by atoms with Gasteiger partial charge >= 0.3 is 0 Å². The molecule has 0 radical (unpaired) electrons. The molecule has 53 heavy (non-hydrogen) atoms. The minimum Gasteiger partial charge on any atom is -0.508 e. The fourth-order valence-corrected chi connectivity index (χ4v) is 4.95. The highest BCUT2D eigenvalue weighted by Crippen LogP contribution is 2.22. The third-order valence-corrected chi connectivity index (χ3v) is 6.99. The quantitative estimate of drug-likeness (QED) is 0.107. The maximum atomic E-state index is 12.7. The summed E-state index contributed by atoms with van der Waals surface area (Å²) >= 11 is 0. The molecule has 2 amide bonds. The first-order chi connectivity index (χ1) is 22.9. The average Bonchev–Trinajstić information content (AvgIpc) is 3.05. The molecule has 2 aromatic heterocycles. The van der Waals surface area contributed by atoms with Crippen LogP contribution in [0.2, 0.25) is 0 Å². The van der Waals surface area contributed by atoms with E-state index in [2.05, 4.69) is 9.98 Å². The highest BCUT2D eigenvalue weighted by molar-refractivity contribution is 6.11. The average molecular weight is 772 g/mol. The molecule has 17 nitrogen and oxygen atoms in total. The number of carbonyl (C=O) groups excluding carboxylic acids is 2. The lowest BCUT2D eigenvalue weighted by Gasteiger charge is -2.11. The summed E-state index contributed by atoms with van der Waals surface area (Å²) < 4.78 is 2.55. The van der Waals surface area contributed by atoms with Crippen molar-refractivity contribution in [2.45, 2.75) is 0 Å². The van der Waals surface area contributed by atoms with Crippen LogP contribution in [-0.2, 0) is 0 Å². The smallest absolute Gasteiger partial charge is 0.282 e. The maximum Gasteiger partial charge on any atom is 0.282 e. The summed E-state index contributed by atoms with van der Waals surface area (Å²) in [6.45, 7) is 0. The molecule has 19 heteroatoms. The number of hydrogen-bond donors (Lipinski definition) is 6. The Morgan fingerprint density at radius 1 is 0.509 bits per heavy atom. The maximum absolute atomic E-state index is 12.7. The van der Waals surface area contributed by atoms with E-state index in [1.165, 1.54) is 45.8 Å². The first-order valence-corrected chi connectivity index (χ1v) is 14.1. The zero-order valence-electron chi connectivity index (χ0n) is 27.3. The van der Waals surface area contributed by atoms with Gasteiger partial charge in [-0.1, -0.05) is 48.5 Å². The lowest BCUT2D eigenvalue weighted by molar-refractivity contribution is 0.0995. The molecule has 280 valence electrons. The van der Waals surface area contributed by atoms with Crippen molar-refractivity contribution in [1.82, 2.24) is 9.13 Å². The molecule has 2 heterocycles. The van der Waals surface area contributed by atoms with E-state index in [9.17, 15) is 29.4 Å². The number of aromatic hydroxyl groups is 2. The molecule has 0 aliphatic rings. The molecule has 0 saturated heterocycles. The normalized spacial score (nSPS) is 9.51. The summed E-state index contributed by atoms with van der Waals surface area (Å²) in [5.41, 5.74) is 21.7. The molecule has 0 bridgehead atoms. The monoisotopic (exact) mass is 770 g/mol. The molecule has 0 spiro atoms. The number of phenolic OH excluding ortho intramolecular Hbond substituents is 2. The van der Waals surface area contributed by atoms with Crippen molar-refractivity contribution < 1.29 is 36.2 Å². The number of phenols is 2. The zero-order chi connectivity index (χ0) is 34.5. The van der Waals surface area contributed by atoms with Crippen molar-refractivity contribution in [3.8, 4) is 22.9 Å². The standard InChI is InChI=1S/2C17H14N4O3.2ClH.3H2O/c2*18-17(19)20-15(23)14-9-21(10-4-3-5-11(22)8-10)16(24)13-7-2-1-6-12(13)14;;;;;/h2*1-9,22H,(H4,18,19,20,23);2*1H;3*1H2. The summed E-state index contributed by atoms with van der Waals surface area (Å²) in [4.78, 5) is 57.2. The number of amides is 2. The van der Waals surface area contributed by atoms with Crippen LogP contribution < -0.4 is 34.1 Å². The van der Waals surface area contributed by atoms with E-state index in [1.54, 1.807) is 72.8 Å². The van der Waals surface area contributed by atoms with E-state index >= 15 is 0 Å². The van der Waals surface area contributed by atoms with E-state index in [0.717, 1.165) is 0 Å². The van der Waals surface area contributed by atoms with Gasteiger partial charge in [-0.3, -0.25) is 28.3 Å². The van der Waals surface area contributed by atoms with E-state index in [0.29, 0.717) is 32.9 Å². The molecule has 0 aliphatic carbocycles. The molecular weight excluding hydrogens is 735 g/mol. The van der Waals surface area contributed by atoms with Crippen LogP contribution in [0.15, 0.2) is 129 Å². The Kier molecular flexibility index (Phi) is 17.1. The Morgan fingerprint density at radius 3 is 1.13 bits per heavy atom. The Balaban J connectivity index is 0.000000932. The number of hydrogen-bond acceptors (Lipinski definition) is 6. The molecule has 6 aromatic rings. The lowest BCUT2D eigenvalue weighted by Crippen LogP contribution is -2.25. The van der Waals surface area contributed by atoms with Crippen molar-refractivity contribution in [2.24, 2.45) is 32.9 Å². The van der Waals surface area contributed by atoms with Crippen LogP contribution in [0.1, 0.15) is 20.7 Å². The van der Waals surface area contributed by atoms with E-state index in [4.69, 9.17) is 22.9 Å². The highest BCUT2D eigenvalue weighted by atomic mass is 35.5. The van der Waals surface area contributed by atoms with Crippen LogP contribution in [0, 0.1) is 0 Å². The van der Waals surface area contributed by atoms with Crippen molar-refractivity contribution >= 4 is 70.1 Å². The van der Waals surface area contributed by atoms with Gasteiger partial charge in [-0.2, -0.15) is 9.98 Å². The van der Waals surface area contributed by atoms with E-state index < -0.39 is 11.8 Å². The molecule has 0 atom stereocenters. The van der Waals surface area contributed by atoms with Gasteiger partial charge in [0.1, 0.15) is 11.5 Å². The molecular formula is C34H36Cl2N8O9. The van der Waals surface area contributed by atoms with Gasteiger partial charge in [-0.05, 0) is 36.4 Å². The third kappa shape index (κ3) is 10.2. The number of pyridine rings is 2. The Bertz CT molecular complexity index is 2260. The van der Waals surface area contributed by atoms with Gasteiger partial charge in [-0.15, -0.1) is 24.8 Å². The zero-order valence-corrected chi connectivity index (χ0v) is 29.0. The number of guanidine groups is 2. The molecule has 0 fully saturated rings. The minimum absolute atomic E-state index is 0. The summed E-state index contributed by atoms with van der Waals surface area (Å²) in [6, 6.07) is 25.7. The van der Waals surface area contributed by atoms with Crippen molar-refractivity contribution in [2.75, 3.05) is 0 Å². The van der Waals surface area contributed by atoms with Crippen LogP contribution in [-0.4, -0.2) is 59.5 Å². The van der Waals surface area contributed by atoms with Crippen molar-refractivity contribution in [3.63, 3.8) is 0 Å². The van der Waals surface area contributed by atoms with Crippen molar-refractivity contribution in [1.29, 1.82) is 0 Å². The fourth-order valence-electron chi connectivity index (χ4n) is 4.95. The van der Waals surface area contributed by atoms with Gasteiger partial charge in [0, 0.05) is 46.1 Å². The molecule has 0 aliphatic heterocycles. The third-order valence-electron chi connectivity index (χ3n) is 6.99.